The van der Waals surface area contributed by atoms with E-state index in [4.69, 9.17) is 16.0 Å². The van der Waals surface area contributed by atoms with Crippen molar-refractivity contribution in [3.05, 3.63) is 46.7 Å². The molecule has 3 nitrogen and oxygen atoms in total. The Bertz CT molecular complexity index is 828. The van der Waals surface area contributed by atoms with Crippen molar-refractivity contribution >= 4 is 28.4 Å². The molecule has 4 rings (SSSR count). The van der Waals surface area contributed by atoms with Crippen molar-refractivity contribution in [2.24, 2.45) is 0 Å². The lowest BCUT2D eigenvalue weighted by molar-refractivity contribution is 0.614. The maximum atomic E-state index is 13.3. The molecule has 100 valence electrons. The van der Waals surface area contributed by atoms with Gasteiger partial charge in [0.1, 0.15) is 11.3 Å². The number of anilines is 1. The van der Waals surface area contributed by atoms with Gasteiger partial charge in [0.25, 0.3) is 0 Å². The van der Waals surface area contributed by atoms with Crippen molar-refractivity contribution in [1.29, 1.82) is 0 Å². The van der Waals surface area contributed by atoms with Crippen LogP contribution in [0, 0.1) is 5.82 Å². The van der Waals surface area contributed by atoms with Crippen LogP contribution in [0.5, 0.6) is 0 Å². The zero-order valence-corrected chi connectivity index (χ0v) is 11.2. The fraction of sp³-hybridized carbons (Fsp3) is 0.133. The first-order valence-corrected chi connectivity index (χ1v) is 6.71. The Labute approximate surface area is 119 Å². The summed E-state index contributed by atoms with van der Waals surface area (Å²) in [6.07, 6.45) is 1.03. The average molecular weight is 289 g/mol. The maximum absolute atomic E-state index is 13.3. The summed E-state index contributed by atoms with van der Waals surface area (Å²) in [6.45, 7) is 0.948. The largest absolute Gasteiger partial charge is 0.435 e. The molecule has 5 heteroatoms. The van der Waals surface area contributed by atoms with Gasteiger partial charge in [-0.15, -0.1) is 0 Å². The van der Waals surface area contributed by atoms with Gasteiger partial charge >= 0.3 is 0 Å². The number of aromatic nitrogens is 1. The number of halogens is 2. The van der Waals surface area contributed by atoms with E-state index in [1.54, 1.807) is 0 Å². The highest BCUT2D eigenvalue weighted by atomic mass is 35.5. The average Bonchev–Trinajstić information content (AvgIpc) is 3.03. The van der Waals surface area contributed by atoms with Crippen molar-refractivity contribution in [3.63, 3.8) is 0 Å². The molecule has 3 aromatic rings. The van der Waals surface area contributed by atoms with Crippen LogP contribution in [0.1, 0.15) is 5.56 Å². The van der Waals surface area contributed by atoms with E-state index in [0.29, 0.717) is 17.0 Å². The monoisotopic (exact) mass is 288 g/mol. The van der Waals surface area contributed by atoms with E-state index < -0.39 is 5.82 Å². The first kappa shape index (κ1) is 11.7. The van der Waals surface area contributed by atoms with E-state index in [1.807, 2.05) is 12.1 Å². The van der Waals surface area contributed by atoms with Gasteiger partial charge in [-0.05, 0) is 30.2 Å². The molecule has 0 amide bonds. The van der Waals surface area contributed by atoms with Gasteiger partial charge in [0, 0.05) is 23.9 Å². The number of benzene rings is 2. The molecule has 0 fully saturated rings. The molecule has 2 aromatic carbocycles. The third kappa shape index (κ3) is 1.76. The van der Waals surface area contributed by atoms with Gasteiger partial charge in [-0.2, -0.15) is 0 Å². The Morgan fingerprint density at radius 1 is 1.25 bits per heavy atom. The van der Waals surface area contributed by atoms with E-state index >= 15 is 0 Å². The quantitative estimate of drug-likeness (QED) is 0.727. The Morgan fingerprint density at radius 3 is 3.05 bits per heavy atom. The first-order valence-electron chi connectivity index (χ1n) is 6.33. The summed E-state index contributed by atoms with van der Waals surface area (Å²) >= 11 is 5.97. The third-order valence-corrected chi connectivity index (χ3v) is 3.76. The van der Waals surface area contributed by atoms with Gasteiger partial charge in [0.2, 0.25) is 5.89 Å². The van der Waals surface area contributed by atoms with Crippen LogP contribution in [0.25, 0.3) is 22.6 Å². The number of nitrogens with zero attached hydrogens (tertiary/aromatic N) is 1. The van der Waals surface area contributed by atoms with E-state index in [-0.39, 0.29) is 5.02 Å². The van der Waals surface area contributed by atoms with Crippen LogP contribution in [0.3, 0.4) is 0 Å². The molecule has 0 aliphatic carbocycles. The molecular weight excluding hydrogens is 279 g/mol. The molecule has 0 unspecified atom stereocenters. The standard InChI is InChI=1S/C15H10ClFN2O/c16-11-6-10(17)7-13-14(11)20-15(19-13)9-2-1-8-3-4-18-12(8)5-9/h1-2,5-7,18H,3-4H2. The van der Waals surface area contributed by atoms with Gasteiger partial charge in [0.05, 0.1) is 5.02 Å². The topological polar surface area (TPSA) is 38.1 Å². The van der Waals surface area contributed by atoms with Crippen LogP contribution >= 0.6 is 11.6 Å². The molecule has 0 saturated heterocycles. The summed E-state index contributed by atoms with van der Waals surface area (Å²) in [5.74, 6) is 0.0296. The lowest BCUT2D eigenvalue weighted by Crippen LogP contribution is -1.91. The third-order valence-electron chi connectivity index (χ3n) is 3.48. The molecule has 1 aliphatic rings. The maximum Gasteiger partial charge on any atom is 0.227 e. The van der Waals surface area contributed by atoms with Gasteiger partial charge in [-0.1, -0.05) is 17.7 Å². The second kappa shape index (κ2) is 4.21. The molecule has 20 heavy (non-hydrogen) atoms. The van der Waals surface area contributed by atoms with Crippen LogP contribution in [-0.4, -0.2) is 11.5 Å². The predicted octanol–water partition coefficient (Wildman–Crippen LogP) is 4.26. The molecule has 0 saturated carbocycles. The van der Waals surface area contributed by atoms with E-state index in [9.17, 15) is 4.39 Å². The van der Waals surface area contributed by atoms with E-state index in [2.05, 4.69) is 16.4 Å². The summed E-state index contributed by atoms with van der Waals surface area (Å²) in [4.78, 5) is 4.31. The summed E-state index contributed by atoms with van der Waals surface area (Å²) in [5, 5.41) is 3.54. The van der Waals surface area contributed by atoms with Crippen LogP contribution in [0.2, 0.25) is 5.02 Å². The summed E-state index contributed by atoms with van der Waals surface area (Å²) in [5.41, 5.74) is 4.08. The van der Waals surface area contributed by atoms with Crippen LogP contribution < -0.4 is 5.32 Å². The van der Waals surface area contributed by atoms with Gasteiger partial charge < -0.3 is 9.73 Å². The smallest absolute Gasteiger partial charge is 0.227 e. The number of hydrogen-bond donors (Lipinski definition) is 1. The Morgan fingerprint density at radius 2 is 2.15 bits per heavy atom. The molecule has 1 aliphatic heterocycles. The normalized spacial score (nSPS) is 13.5. The number of hydrogen-bond acceptors (Lipinski definition) is 3. The highest BCUT2D eigenvalue weighted by Gasteiger charge is 2.15. The Kier molecular flexibility index (Phi) is 2.47. The van der Waals surface area contributed by atoms with Crippen molar-refractivity contribution in [1.82, 2.24) is 4.98 Å². The summed E-state index contributed by atoms with van der Waals surface area (Å²) < 4.78 is 19.0. The van der Waals surface area contributed by atoms with Crippen LogP contribution in [-0.2, 0) is 6.42 Å². The molecule has 0 atom stereocenters. The molecule has 1 aromatic heterocycles. The molecule has 2 heterocycles. The summed E-state index contributed by atoms with van der Waals surface area (Å²) in [6, 6.07) is 8.56. The van der Waals surface area contributed by atoms with Crippen molar-refractivity contribution in [3.8, 4) is 11.5 Å². The minimum atomic E-state index is -0.419. The van der Waals surface area contributed by atoms with E-state index in [1.165, 1.54) is 17.7 Å². The van der Waals surface area contributed by atoms with Crippen LogP contribution in [0.15, 0.2) is 34.7 Å². The van der Waals surface area contributed by atoms with E-state index in [0.717, 1.165) is 24.2 Å². The zero-order valence-electron chi connectivity index (χ0n) is 10.4. The first-order chi connectivity index (χ1) is 9.70. The predicted molar refractivity (Wildman–Crippen MR) is 76.6 cm³/mol. The molecule has 0 spiro atoms. The highest BCUT2D eigenvalue weighted by molar-refractivity contribution is 6.34. The van der Waals surface area contributed by atoms with Crippen molar-refractivity contribution in [2.75, 3.05) is 11.9 Å². The number of nitrogens with one attached hydrogen (secondary N) is 1. The minimum Gasteiger partial charge on any atom is -0.435 e. The number of rotatable bonds is 1. The fourth-order valence-electron chi connectivity index (χ4n) is 2.51. The molecular formula is C15H10ClFN2O. The number of fused-ring (bicyclic) bond motifs is 2. The molecule has 0 radical (unpaired) electrons. The lowest BCUT2D eigenvalue weighted by Gasteiger charge is -2.01. The summed E-state index contributed by atoms with van der Waals surface area (Å²) in [7, 11) is 0. The molecule has 1 N–H and O–H groups in total. The second-order valence-corrected chi connectivity index (χ2v) is 5.21. The Hall–Kier alpha value is -2.07. The van der Waals surface area contributed by atoms with Crippen LogP contribution in [0.4, 0.5) is 10.1 Å². The lowest BCUT2D eigenvalue weighted by atomic mass is 10.1. The second-order valence-electron chi connectivity index (χ2n) is 4.80. The fourth-order valence-corrected chi connectivity index (χ4v) is 2.75. The Balaban J connectivity index is 1.88. The molecule has 0 bridgehead atoms. The van der Waals surface area contributed by atoms with Gasteiger partial charge in [0.15, 0.2) is 5.58 Å². The van der Waals surface area contributed by atoms with Crippen molar-refractivity contribution in [2.45, 2.75) is 6.42 Å². The highest BCUT2D eigenvalue weighted by Crippen LogP contribution is 2.33. The zero-order chi connectivity index (χ0) is 13.7. The van der Waals surface area contributed by atoms with Gasteiger partial charge in [-0.3, -0.25) is 0 Å². The van der Waals surface area contributed by atoms with Gasteiger partial charge in [-0.25, -0.2) is 9.37 Å². The van der Waals surface area contributed by atoms with Crippen molar-refractivity contribution < 1.29 is 8.81 Å². The number of oxazole rings is 1. The minimum absolute atomic E-state index is 0.234. The SMILES string of the molecule is Fc1cc(Cl)c2oc(-c3ccc4c(c3)NCC4)nc2c1.